The van der Waals surface area contributed by atoms with Gasteiger partial charge in [-0.2, -0.15) is 12.6 Å². The lowest BCUT2D eigenvalue weighted by atomic mass is 9.99. The third-order valence-corrected chi connectivity index (χ3v) is 12.6. The molecule has 2 aromatic rings. The fourth-order valence-electron chi connectivity index (χ4n) is 8.35. The number of aliphatic carboxylic acids is 1. The maximum absolute atomic E-state index is 14.1. The molecule has 0 unspecified atom stereocenters. The van der Waals surface area contributed by atoms with E-state index in [0.717, 1.165) is 17.3 Å². The van der Waals surface area contributed by atoms with Gasteiger partial charge in [-0.1, -0.05) is 73.6 Å². The number of hydrogen-bond donors (Lipinski definition) is 13. The van der Waals surface area contributed by atoms with Crippen LogP contribution in [0.25, 0.3) is 10.9 Å². The number of aromatic nitrogens is 1. The molecule has 0 spiro atoms. The summed E-state index contributed by atoms with van der Waals surface area (Å²) in [5.41, 5.74) is 1.45. The molecule has 9 atom stereocenters. The van der Waals surface area contributed by atoms with E-state index in [1.165, 1.54) is 13.8 Å². The maximum atomic E-state index is 14.1. The summed E-state index contributed by atoms with van der Waals surface area (Å²) in [6, 6.07) is -2.37. The Morgan fingerprint density at radius 2 is 1.03 bits per heavy atom. The first-order valence-corrected chi connectivity index (χ1v) is 26.2. The Kier molecular flexibility index (Phi) is 25.3. The number of para-hydroxylation sites is 1. The zero-order valence-corrected chi connectivity index (χ0v) is 45.3. The summed E-state index contributed by atoms with van der Waals surface area (Å²) in [6.45, 7) is 17.7. The fourth-order valence-corrected chi connectivity index (χ4v) is 8.61. The third-order valence-electron chi connectivity index (χ3n) is 12.2. The van der Waals surface area contributed by atoms with Crippen LogP contribution in [0.1, 0.15) is 113 Å². The van der Waals surface area contributed by atoms with Crippen molar-refractivity contribution in [2.45, 2.75) is 169 Å². The smallest absolute Gasteiger partial charge is 0.326 e. The quantitative estimate of drug-likeness (QED) is 0.0481. The number of aromatic amines is 1. The molecule has 1 fully saturated rings. The molecule has 1 aliphatic rings. The summed E-state index contributed by atoms with van der Waals surface area (Å²) in [7, 11) is 0. The predicted octanol–water partition coefficient (Wildman–Crippen LogP) is 0.696. The minimum Gasteiger partial charge on any atom is -0.480 e. The van der Waals surface area contributed by atoms with Crippen LogP contribution in [0, 0.1) is 23.7 Å². The molecule has 1 saturated heterocycles. The van der Waals surface area contributed by atoms with Gasteiger partial charge in [0.05, 0.1) is 12.6 Å². The molecule has 3 rings (SSSR count). The van der Waals surface area contributed by atoms with E-state index < -0.39 is 114 Å². The van der Waals surface area contributed by atoms with Gasteiger partial charge in [0.1, 0.15) is 48.3 Å². The number of rotatable bonds is 30. The molecule has 12 N–H and O–H groups in total. The van der Waals surface area contributed by atoms with E-state index in [4.69, 9.17) is 0 Å². The summed E-state index contributed by atoms with van der Waals surface area (Å²) < 4.78 is 0. The van der Waals surface area contributed by atoms with Crippen molar-refractivity contribution in [1.82, 2.24) is 58.2 Å². The summed E-state index contributed by atoms with van der Waals surface area (Å²) in [5.74, 6) is -7.59. The third kappa shape index (κ3) is 20.6. The highest BCUT2D eigenvalue weighted by molar-refractivity contribution is 7.80. The van der Waals surface area contributed by atoms with Gasteiger partial charge in [0.2, 0.25) is 53.2 Å². The molecule has 1 aliphatic heterocycles. The van der Waals surface area contributed by atoms with Crippen LogP contribution in [0.4, 0.5) is 0 Å². The van der Waals surface area contributed by atoms with E-state index in [1.54, 1.807) is 6.20 Å². The standard InChI is InChI=1S/C51H81N11O11S/c1-26(2)18-36(58-45(66)35-16-13-17-52-35)46(67)59-38(20-28(5)6)48(69)62-41(25-74)50(71)56-30(9)43(64)54-24-42(63)55-31(10)44(65)57-39(22-32-23-53-34-15-12-11-14-33(32)34)49(70)60-37(19-27(3)4)47(68)61-40(51(72)73)21-29(7)8/h11-12,14-15,23,26-31,35-41,52-53,74H,13,16-22,24-25H2,1-10H3,(H,54,64)(H,55,63)(H,56,71)(H,57,65)(H,58,66)(H,59,67)(H,60,70)(H,61,68)(H,62,69)(H,72,73)/t30-,31-,35-,36-,37-,38-,39-,40-,41-/m0/s1. The summed E-state index contributed by atoms with van der Waals surface area (Å²) in [6.07, 6.45) is 4.01. The van der Waals surface area contributed by atoms with Crippen LogP contribution in [-0.2, 0) is 54.4 Å². The van der Waals surface area contributed by atoms with Gasteiger partial charge in [0, 0.05) is 29.3 Å². The normalized spacial score (nSPS) is 16.7. The molecular formula is C51H81N11O11S. The number of hydrogen-bond acceptors (Lipinski definition) is 12. The van der Waals surface area contributed by atoms with Crippen molar-refractivity contribution in [2.75, 3.05) is 18.8 Å². The number of carbonyl (C=O) groups excluding carboxylic acids is 9. The zero-order chi connectivity index (χ0) is 55.4. The predicted molar refractivity (Wildman–Crippen MR) is 282 cm³/mol. The molecule has 0 saturated carbocycles. The second kappa shape index (κ2) is 30.2. The van der Waals surface area contributed by atoms with Crippen LogP contribution < -0.4 is 53.2 Å². The highest BCUT2D eigenvalue weighted by Gasteiger charge is 2.35. The van der Waals surface area contributed by atoms with E-state index in [2.05, 4.69) is 70.8 Å². The SMILES string of the molecule is CC(C)C[C@H](NC(=O)[C@H](CC(C)C)NC(=O)[C@H](Cc1c[nH]c2ccccc12)NC(=O)[C@H](C)NC(=O)CNC(=O)[C@H](C)NC(=O)[C@H](CS)NC(=O)[C@H](CC(C)C)NC(=O)[C@H](CC(C)C)NC(=O)[C@@H]1CCCN1)C(=O)O. The zero-order valence-electron chi connectivity index (χ0n) is 44.4. The van der Waals surface area contributed by atoms with E-state index in [-0.39, 0.29) is 61.0 Å². The van der Waals surface area contributed by atoms with E-state index in [9.17, 15) is 53.1 Å². The monoisotopic (exact) mass is 1060 g/mol. The number of benzene rings is 1. The summed E-state index contributed by atoms with van der Waals surface area (Å²) >= 11 is 4.25. The van der Waals surface area contributed by atoms with Crippen LogP contribution in [0.15, 0.2) is 30.5 Å². The Hall–Kier alpha value is -6.23. The fraction of sp³-hybridized carbons (Fsp3) is 0.647. The van der Waals surface area contributed by atoms with Gasteiger partial charge in [-0.05, 0) is 94.2 Å². The van der Waals surface area contributed by atoms with Crippen molar-refractivity contribution in [1.29, 1.82) is 0 Å². The van der Waals surface area contributed by atoms with Crippen LogP contribution >= 0.6 is 12.6 Å². The topological polar surface area (TPSA) is 327 Å². The lowest BCUT2D eigenvalue weighted by Gasteiger charge is -2.27. The van der Waals surface area contributed by atoms with Gasteiger partial charge in [0.15, 0.2) is 0 Å². The molecule has 1 aromatic carbocycles. The first kappa shape index (κ1) is 62.1. The van der Waals surface area contributed by atoms with Gasteiger partial charge in [-0.15, -0.1) is 0 Å². The molecule has 0 radical (unpaired) electrons. The van der Waals surface area contributed by atoms with Crippen molar-refractivity contribution >= 4 is 82.7 Å². The molecule has 74 heavy (non-hydrogen) atoms. The summed E-state index contributed by atoms with van der Waals surface area (Å²) in [5, 5.41) is 37.2. The Bertz CT molecular complexity index is 2270. The van der Waals surface area contributed by atoms with Crippen LogP contribution in [-0.4, -0.2) is 142 Å². The summed E-state index contributed by atoms with van der Waals surface area (Å²) in [4.78, 5) is 136. The first-order valence-electron chi connectivity index (χ1n) is 25.6. The minimum absolute atomic E-state index is 0.0335. The van der Waals surface area contributed by atoms with Crippen molar-refractivity contribution in [2.24, 2.45) is 23.7 Å². The Morgan fingerprint density at radius 3 is 1.54 bits per heavy atom. The molecule has 0 bridgehead atoms. The number of H-pyrrole nitrogens is 1. The molecule has 2 heterocycles. The molecule has 9 amide bonds. The van der Waals surface area contributed by atoms with Crippen molar-refractivity contribution in [3.63, 3.8) is 0 Å². The molecular weight excluding hydrogens is 975 g/mol. The molecule has 22 nitrogen and oxygen atoms in total. The number of carboxylic acid groups (broad SMARTS) is 1. The minimum atomic E-state index is -1.27. The van der Waals surface area contributed by atoms with Gasteiger partial charge in [0.25, 0.3) is 0 Å². The number of amides is 9. The first-order chi connectivity index (χ1) is 34.8. The molecule has 412 valence electrons. The highest BCUT2D eigenvalue weighted by Crippen LogP contribution is 2.20. The number of carboxylic acids is 1. The average molecular weight is 1060 g/mol. The van der Waals surface area contributed by atoms with Crippen LogP contribution in [0.5, 0.6) is 0 Å². The molecule has 23 heteroatoms. The average Bonchev–Trinajstić information content (AvgIpc) is 4.02. The van der Waals surface area contributed by atoms with Crippen LogP contribution in [0.3, 0.4) is 0 Å². The van der Waals surface area contributed by atoms with Crippen molar-refractivity contribution < 1.29 is 53.1 Å². The number of fused-ring (bicyclic) bond motifs is 1. The Labute approximate surface area is 439 Å². The number of nitrogens with one attached hydrogen (secondary N) is 11. The largest absolute Gasteiger partial charge is 0.480 e. The van der Waals surface area contributed by atoms with Crippen molar-refractivity contribution in [3.05, 3.63) is 36.0 Å². The van der Waals surface area contributed by atoms with E-state index >= 15 is 0 Å². The highest BCUT2D eigenvalue weighted by atomic mass is 32.1. The second-order valence-electron chi connectivity index (χ2n) is 20.9. The molecule has 1 aromatic heterocycles. The van der Waals surface area contributed by atoms with Gasteiger partial charge in [-0.3, -0.25) is 43.2 Å². The number of carbonyl (C=O) groups is 10. The van der Waals surface area contributed by atoms with Gasteiger partial charge >= 0.3 is 5.97 Å². The second-order valence-corrected chi connectivity index (χ2v) is 21.2. The maximum Gasteiger partial charge on any atom is 0.326 e. The van der Waals surface area contributed by atoms with Gasteiger partial charge in [-0.25, -0.2) is 4.79 Å². The Morgan fingerprint density at radius 1 is 0.568 bits per heavy atom. The van der Waals surface area contributed by atoms with Crippen LogP contribution in [0.2, 0.25) is 0 Å². The van der Waals surface area contributed by atoms with Crippen molar-refractivity contribution in [3.8, 4) is 0 Å². The Balaban J connectivity index is 1.63. The van der Waals surface area contributed by atoms with E-state index in [0.29, 0.717) is 24.9 Å². The lowest BCUT2D eigenvalue weighted by molar-refractivity contribution is -0.143. The van der Waals surface area contributed by atoms with E-state index in [1.807, 2.05) is 79.7 Å². The lowest BCUT2D eigenvalue weighted by Crippen LogP contribution is -2.59. The number of thiol groups is 1. The molecule has 0 aliphatic carbocycles. The van der Waals surface area contributed by atoms with Gasteiger partial charge < -0.3 is 63.3 Å².